The summed E-state index contributed by atoms with van der Waals surface area (Å²) in [6.45, 7) is 2.20. The normalized spacial score (nSPS) is 16.3. The fourth-order valence-electron chi connectivity index (χ4n) is 1.82. The Kier molecular flexibility index (Phi) is 5.37. The third-order valence-electron chi connectivity index (χ3n) is 2.87. The Balaban J connectivity index is 1.89. The van der Waals surface area contributed by atoms with Crippen LogP contribution in [0.4, 0.5) is 0 Å². The van der Waals surface area contributed by atoms with Crippen LogP contribution in [0.2, 0.25) is 0 Å². The van der Waals surface area contributed by atoms with Crippen LogP contribution in [0.5, 0.6) is 0 Å². The van der Waals surface area contributed by atoms with Crippen molar-refractivity contribution in [3.8, 4) is 0 Å². The number of carbonyl (C=O) groups is 2. The lowest BCUT2D eigenvalue weighted by molar-refractivity contribution is -0.184. The molecule has 15 heavy (non-hydrogen) atoms. The molecule has 1 aliphatic rings. The molecular formula is C12H20O3. The molecule has 0 amide bonds. The number of carbonyl (C=O) groups excluding carboxylic acids is 2. The molecule has 3 heteroatoms. The number of esters is 2. The molecule has 1 fully saturated rings. The second kappa shape index (κ2) is 6.59. The lowest BCUT2D eigenvalue weighted by Crippen LogP contribution is -2.40. The van der Waals surface area contributed by atoms with Gasteiger partial charge in [-0.3, -0.25) is 9.59 Å². The van der Waals surface area contributed by atoms with E-state index in [0.29, 0.717) is 6.42 Å². The Bertz CT molecular complexity index is 209. The van der Waals surface area contributed by atoms with E-state index in [2.05, 4.69) is 11.7 Å². The molecule has 0 aromatic heterocycles. The Labute approximate surface area is 91.2 Å². The van der Waals surface area contributed by atoms with Gasteiger partial charge in [0.2, 0.25) is 0 Å². The monoisotopic (exact) mass is 212 g/mol. The highest BCUT2D eigenvalue weighted by Crippen LogP contribution is 2.21. The summed E-state index contributed by atoms with van der Waals surface area (Å²) in [5.41, 5.74) is 0. The van der Waals surface area contributed by atoms with Crippen molar-refractivity contribution in [3.05, 3.63) is 0 Å². The molecule has 0 N–H and O–H groups in total. The van der Waals surface area contributed by atoms with Gasteiger partial charge < -0.3 is 4.74 Å². The summed E-state index contributed by atoms with van der Waals surface area (Å²) in [5, 5.41) is 0. The van der Waals surface area contributed by atoms with Crippen LogP contribution in [0.3, 0.4) is 0 Å². The number of unbranched alkanes of at least 4 members (excludes halogenated alkanes) is 6. The highest BCUT2D eigenvalue weighted by molar-refractivity contribution is 6.09. The molecule has 0 unspecified atom stereocenters. The summed E-state index contributed by atoms with van der Waals surface area (Å²) in [4.78, 5) is 21.6. The van der Waals surface area contributed by atoms with E-state index in [-0.39, 0.29) is 11.9 Å². The number of ether oxygens (including phenoxy) is 1. The standard InChI is InChI=1S/C12H20O3/c1-2-3-4-5-6-7-8-9-10-11(13)15-12(10)14/h10H,2-9H2,1H3. The second-order valence-electron chi connectivity index (χ2n) is 4.20. The van der Waals surface area contributed by atoms with E-state index in [9.17, 15) is 9.59 Å². The van der Waals surface area contributed by atoms with Gasteiger partial charge in [0.15, 0.2) is 5.92 Å². The number of cyclic esters (lactones) is 2. The summed E-state index contributed by atoms with van der Waals surface area (Å²) in [6.07, 6.45) is 9.16. The Hall–Kier alpha value is -0.860. The number of hydrogen-bond acceptors (Lipinski definition) is 3. The molecule has 1 saturated heterocycles. The molecule has 1 heterocycles. The fraction of sp³-hybridized carbons (Fsp3) is 0.833. The van der Waals surface area contributed by atoms with Crippen LogP contribution in [0.15, 0.2) is 0 Å². The molecule has 0 atom stereocenters. The maximum absolute atomic E-state index is 10.8. The average Bonchev–Trinajstić information content (AvgIpc) is 2.22. The zero-order valence-corrected chi connectivity index (χ0v) is 9.46. The van der Waals surface area contributed by atoms with Gasteiger partial charge in [-0.2, -0.15) is 0 Å². The Morgan fingerprint density at radius 3 is 2.00 bits per heavy atom. The molecular weight excluding hydrogens is 192 g/mol. The van der Waals surface area contributed by atoms with Gasteiger partial charge in [0.25, 0.3) is 0 Å². The number of rotatable bonds is 8. The van der Waals surface area contributed by atoms with E-state index in [1.165, 1.54) is 32.1 Å². The van der Waals surface area contributed by atoms with Crippen molar-refractivity contribution in [3.63, 3.8) is 0 Å². The summed E-state index contributed by atoms with van der Waals surface area (Å²) in [5.74, 6) is -1.09. The zero-order valence-electron chi connectivity index (χ0n) is 9.46. The van der Waals surface area contributed by atoms with Crippen LogP contribution in [-0.4, -0.2) is 11.9 Å². The van der Waals surface area contributed by atoms with Gasteiger partial charge in [-0.05, 0) is 6.42 Å². The van der Waals surface area contributed by atoms with Crippen molar-refractivity contribution in [2.75, 3.05) is 0 Å². The first-order valence-electron chi connectivity index (χ1n) is 6.01. The highest BCUT2D eigenvalue weighted by atomic mass is 16.6. The van der Waals surface area contributed by atoms with Crippen LogP contribution in [0.1, 0.15) is 58.3 Å². The summed E-state index contributed by atoms with van der Waals surface area (Å²) >= 11 is 0. The molecule has 0 spiro atoms. The lowest BCUT2D eigenvalue weighted by atomic mass is 9.97. The van der Waals surface area contributed by atoms with Crippen LogP contribution in [0.25, 0.3) is 0 Å². The third-order valence-corrected chi connectivity index (χ3v) is 2.87. The van der Waals surface area contributed by atoms with Gasteiger partial charge in [-0.25, -0.2) is 0 Å². The SMILES string of the molecule is CCCCCCCCCC1C(=O)OC1=O. The number of hydrogen-bond donors (Lipinski definition) is 0. The summed E-state index contributed by atoms with van der Waals surface area (Å²) < 4.78 is 4.28. The van der Waals surface area contributed by atoms with Crippen molar-refractivity contribution in [2.45, 2.75) is 58.3 Å². The minimum atomic E-state index is -0.430. The molecule has 86 valence electrons. The van der Waals surface area contributed by atoms with E-state index in [4.69, 9.17) is 0 Å². The molecule has 0 aromatic carbocycles. The van der Waals surface area contributed by atoms with Gasteiger partial charge in [0.1, 0.15) is 0 Å². The molecule has 0 aromatic rings. The van der Waals surface area contributed by atoms with Crippen molar-refractivity contribution in [2.24, 2.45) is 5.92 Å². The van der Waals surface area contributed by atoms with E-state index in [1.54, 1.807) is 0 Å². The predicted octanol–water partition coefficient (Wildman–Crippen LogP) is 2.83. The van der Waals surface area contributed by atoms with E-state index >= 15 is 0 Å². The van der Waals surface area contributed by atoms with Gasteiger partial charge in [-0.1, -0.05) is 51.9 Å². The first kappa shape index (κ1) is 12.2. The summed E-state index contributed by atoms with van der Waals surface area (Å²) in [7, 11) is 0. The molecule has 0 aliphatic carbocycles. The van der Waals surface area contributed by atoms with Crippen molar-refractivity contribution < 1.29 is 14.3 Å². The van der Waals surface area contributed by atoms with Gasteiger partial charge in [0.05, 0.1) is 0 Å². The van der Waals surface area contributed by atoms with Crippen molar-refractivity contribution >= 4 is 11.9 Å². The quantitative estimate of drug-likeness (QED) is 0.353. The third kappa shape index (κ3) is 4.02. The topological polar surface area (TPSA) is 43.4 Å². The van der Waals surface area contributed by atoms with Crippen LogP contribution in [0, 0.1) is 5.92 Å². The van der Waals surface area contributed by atoms with E-state index in [1.807, 2.05) is 0 Å². The minimum Gasteiger partial charge on any atom is -0.392 e. The highest BCUT2D eigenvalue weighted by Gasteiger charge is 2.40. The fourth-order valence-corrected chi connectivity index (χ4v) is 1.82. The van der Waals surface area contributed by atoms with E-state index in [0.717, 1.165) is 12.8 Å². The molecule has 1 aliphatic heterocycles. The molecule has 0 radical (unpaired) electrons. The predicted molar refractivity (Wildman–Crippen MR) is 57.2 cm³/mol. The smallest absolute Gasteiger partial charge is 0.328 e. The molecule has 3 nitrogen and oxygen atoms in total. The average molecular weight is 212 g/mol. The lowest BCUT2D eigenvalue weighted by Gasteiger charge is -2.21. The van der Waals surface area contributed by atoms with Gasteiger partial charge in [0, 0.05) is 0 Å². The Morgan fingerprint density at radius 2 is 1.47 bits per heavy atom. The van der Waals surface area contributed by atoms with Crippen LogP contribution >= 0.6 is 0 Å². The maximum atomic E-state index is 10.8. The van der Waals surface area contributed by atoms with Gasteiger partial charge in [-0.15, -0.1) is 0 Å². The molecule has 0 bridgehead atoms. The Morgan fingerprint density at radius 1 is 0.933 bits per heavy atom. The van der Waals surface area contributed by atoms with Crippen molar-refractivity contribution in [1.29, 1.82) is 0 Å². The first-order chi connectivity index (χ1) is 7.25. The molecule has 1 rings (SSSR count). The second-order valence-corrected chi connectivity index (χ2v) is 4.20. The van der Waals surface area contributed by atoms with Gasteiger partial charge >= 0.3 is 11.9 Å². The van der Waals surface area contributed by atoms with E-state index < -0.39 is 5.92 Å². The summed E-state index contributed by atoms with van der Waals surface area (Å²) in [6, 6.07) is 0. The van der Waals surface area contributed by atoms with Crippen LogP contribution in [-0.2, 0) is 14.3 Å². The molecule has 0 saturated carbocycles. The van der Waals surface area contributed by atoms with Crippen LogP contribution < -0.4 is 0 Å². The van der Waals surface area contributed by atoms with Crippen molar-refractivity contribution in [1.82, 2.24) is 0 Å². The largest absolute Gasteiger partial charge is 0.392 e. The first-order valence-corrected chi connectivity index (χ1v) is 6.01. The minimum absolute atomic E-state index is 0.328. The maximum Gasteiger partial charge on any atom is 0.328 e. The zero-order chi connectivity index (χ0) is 11.1.